The summed E-state index contributed by atoms with van der Waals surface area (Å²) in [6.45, 7) is 11.1. The molecule has 0 saturated carbocycles. The maximum absolute atomic E-state index is 12.2. The average Bonchev–Trinajstić information content (AvgIpc) is 3.01. The molecule has 3 aliphatic rings. The summed E-state index contributed by atoms with van der Waals surface area (Å²) >= 11 is 0. The zero-order valence-corrected chi connectivity index (χ0v) is 21.0. The van der Waals surface area contributed by atoms with E-state index in [-0.39, 0.29) is 5.91 Å². The van der Waals surface area contributed by atoms with Gasteiger partial charge in [0.25, 0.3) is 5.91 Å². The molecular formula is C29H31N5O3. The van der Waals surface area contributed by atoms with Crippen molar-refractivity contribution in [3.63, 3.8) is 0 Å². The van der Waals surface area contributed by atoms with Crippen molar-refractivity contribution >= 4 is 23.5 Å². The Labute approximate surface area is 216 Å². The molecule has 2 aromatic carbocycles. The van der Waals surface area contributed by atoms with Crippen molar-refractivity contribution in [2.75, 3.05) is 39.5 Å². The number of H-pyrrole nitrogens is 1. The van der Waals surface area contributed by atoms with Crippen LogP contribution in [-0.2, 0) is 17.6 Å². The lowest BCUT2D eigenvalue weighted by Crippen LogP contribution is -2.49. The number of nitrogens with zero attached hydrogens (tertiary/aromatic N) is 3. The fourth-order valence-corrected chi connectivity index (χ4v) is 5.15. The molecule has 0 spiro atoms. The number of aromatic amines is 1. The molecule has 0 aliphatic carbocycles. The quantitative estimate of drug-likeness (QED) is 0.525. The first kappa shape index (κ1) is 23.6. The number of allylic oxidation sites excluding steroid dienone is 1. The van der Waals surface area contributed by atoms with Crippen molar-refractivity contribution < 1.29 is 14.3 Å². The van der Waals surface area contributed by atoms with Gasteiger partial charge in [-0.2, -0.15) is 5.10 Å². The molecule has 1 aromatic heterocycles. The number of benzene rings is 2. The minimum atomic E-state index is -0.121. The highest BCUT2D eigenvalue weighted by molar-refractivity contribution is 6.09. The van der Waals surface area contributed by atoms with Gasteiger partial charge in [-0.25, -0.2) is 4.99 Å². The predicted molar refractivity (Wildman–Crippen MR) is 144 cm³/mol. The average molecular weight is 498 g/mol. The Morgan fingerprint density at radius 1 is 1.16 bits per heavy atom. The molecule has 3 aromatic rings. The Balaban J connectivity index is 1.17. The Kier molecular flexibility index (Phi) is 6.36. The van der Waals surface area contributed by atoms with Crippen LogP contribution in [-0.4, -0.2) is 72.7 Å². The second-order valence-electron chi connectivity index (χ2n) is 9.86. The lowest BCUT2D eigenvalue weighted by molar-refractivity contribution is -0.0634. The van der Waals surface area contributed by atoms with Crippen molar-refractivity contribution in [3.8, 4) is 17.0 Å². The molecule has 0 bridgehead atoms. The van der Waals surface area contributed by atoms with Gasteiger partial charge in [0, 0.05) is 30.4 Å². The van der Waals surface area contributed by atoms with Gasteiger partial charge in [-0.3, -0.25) is 14.8 Å². The molecule has 1 saturated heterocycles. The number of nitrogens with one attached hydrogen (secondary N) is 2. The second kappa shape index (κ2) is 9.95. The Bertz CT molecular complexity index is 1390. The molecule has 2 N–H and O–H groups in total. The van der Waals surface area contributed by atoms with Crippen LogP contribution in [0.4, 0.5) is 5.82 Å². The number of ether oxygens (including phenoxy) is 2. The predicted octanol–water partition coefficient (Wildman–Crippen LogP) is 3.72. The van der Waals surface area contributed by atoms with E-state index in [0.29, 0.717) is 36.3 Å². The van der Waals surface area contributed by atoms with Gasteiger partial charge < -0.3 is 14.8 Å². The van der Waals surface area contributed by atoms with E-state index in [1.54, 1.807) is 12.3 Å². The third kappa shape index (κ3) is 4.70. The summed E-state index contributed by atoms with van der Waals surface area (Å²) in [5, 5.41) is 10.4. The van der Waals surface area contributed by atoms with E-state index < -0.39 is 0 Å². The number of carbonyl (C=O) groups is 1. The van der Waals surface area contributed by atoms with E-state index >= 15 is 0 Å². The fraction of sp³-hybridized carbons (Fsp3) is 0.345. The number of aliphatic imine (C=N–C) groups is 1. The van der Waals surface area contributed by atoms with E-state index in [4.69, 9.17) is 9.47 Å². The first-order chi connectivity index (χ1) is 18.1. The zero-order chi connectivity index (χ0) is 25.4. The highest BCUT2D eigenvalue weighted by atomic mass is 16.5. The molecule has 190 valence electrons. The number of rotatable bonds is 5. The van der Waals surface area contributed by atoms with Crippen molar-refractivity contribution in [2.24, 2.45) is 4.99 Å². The summed E-state index contributed by atoms with van der Waals surface area (Å²) in [6.07, 6.45) is 3.91. The Hall–Kier alpha value is -3.75. The van der Waals surface area contributed by atoms with Crippen molar-refractivity contribution in [2.45, 2.75) is 25.8 Å². The molecule has 1 amide bonds. The number of hydrogen-bond acceptors (Lipinski definition) is 6. The Morgan fingerprint density at radius 2 is 2.00 bits per heavy atom. The summed E-state index contributed by atoms with van der Waals surface area (Å²) in [5.74, 6) is 1.13. The summed E-state index contributed by atoms with van der Waals surface area (Å²) in [7, 11) is 0. The number of fused-ring (bicyclic) bond motifs is 2. The smallest absolute Gasteiger partial charge is 0.255 e. The molecular weight excluding hydrogens is 466 g/mol. The first-order valence-corrected chi connectivity index (χ1v) is 12.8. The standard InChI is InChI=1S/C29H31N5O3/c1-18(21-4-3-20-7-10-34(24-16-36-17-24)11-8-22(20)13-21)15-31-28-19(2)27(32-33-28)23-5-6-25-26(14-23)37-12-9-30-29(25)35/h3-6,13-15,24H,1,7-12,16-17H2,2H3,(H,30,35)(H,32,33)/b31-15-. The minimum absolute atomic E-state index is 0.121. The fourth-order valence-electron chi connectivity index (χ4n) is 5.15. The Morgan fingerprint density at radius 3 is 2.81 bits per heavy atom. The van der Waals surface area contributed by atoms with E-state index in [2.05, 4.69) is 50.2 Å². The number of amides is 1. The van der Waals surface area contributed by atoms with Crippen LogP contribution in [0.1, 0.15) is 32.6 Å². The van der Waals surface area contributed by atoms with Crippen molar-refractivity contribution in [1.82, 2.24) is 20.4 Å². The normalized spacial score (nSPS) is 18.2. The highest BCUT2D eigenvalue weighted by Gasteiger charge is 2.27. The molecule has 8 heteroatoms. The second-order valence-corrected chi connectivity index (χ2v) is 9.86. The van der Waals surface area contributed by atoms with Gasteiger partial charge in [0.2, 0.25) is 0 Å². The summed E-state index contributed by atoms with van der Waals surface area (Å²) in [6, 6.07) is 12.8. The number of hydrogen-bond donors (Lipinski definition) is 2. The molecule has 37 heavy (non-hydrogen) atoms. The van der Waals surface area contributed by atoms with Crippen LogP contribution < -0.4 is 10.1 Å². The van der Waals surface area contributed by atoms with E-state index in [1.807, 2.05) is 19.1 Å². The van der Waals surface area contributed by atoms with Crippen LogP contribution in [0.5, 0.6) is 5.75 Å². The van der Waals surface area contributed by atoms with Crippen molar-refractivity contribution in [3.05, 3.63) is 70.8 Å². The monoisotopic (exact) mass is 497 g/mol. The van der Waals surface area contributed by atoms with Gasteiger partial charge in [-0.1, -0.05) is 30.8 Å². The maximum atomic E-state index is 12.2. The largest absolute Gasteiger partial charge is 0.491 e. The van der Waals surface area contributed by atoms with Crippen LogP contribution in [0.25, 0.3) is 16.8 Å². The van der Waals surface area contributed by atoms with Crippen LogP contribution in [0, 0.1) is 6.92 Å². The molecule has 6 rings (SSSR count). The maximum Gasteiger partial charge on any atom is 0.255 e. The molecule has 3 aliphatic heterocycles. The van der Waals surface area contributed by atoms with Crippen LogP contribution in [0.3, 0.4) is 0 Å². The van der Waals surface area contributed by atoms with Gasteiger partial charge >= 0.3 is 0 Å². The van der Waals surface area contributed by atoms with E-state index in [9.17, 15) is 4.79 Å². The minimum Gasteiger partial charge on any atom is -0.491 e. The number of carbonyl (C=O) groups excluding carboxylic acids is 1. The SMILES string of the molecule is C=C(/C=N\c1[nH]nc(-c2ccc3c(c2)OCCNC3=O)c1C)c1ccc2c(c1)CCN(C1COC1)CC2. The molecule has 4 heterocycles. The molecule has 1 fully saturated rings. The van der Waals surface area contributed by atoms with E-state index in [1.165, 1.54) is 11.1 Å². The number of aromatic nitrogens is 2. The first-order valence-electron chi connectivity index (χ1n) is 12.8. The summed E-state index contributed by atoms with van der Waals surface area (Å²) in [5.41, 5.74) is 7.87. The summed E-state index contributed by atoms with van der Waals surface area (Å²) in [4.78, 5) is 19.4. The van der Waals surface area contributed by atoms with Crippen molar-refractivity contribution in [1.29, 1.82) is 0 Å². The molecule has 8 nitrogen and oxygen atoms in total. The zero-order valence-electron chi connectivity index (χ0n) is 21.0. The van der Waals surface area contributed by atoms with Crippen LogP contribution in [0.15, 0.2) is 48.0 Å². The van der Waals surface area contributed by atoms with Crippen LogP contribution >= 0.6 is 0 Å². The van der Waals surface area contributed by atoms with Gasteiger partial charge in [0.1, 0.15) is 12.4 Å². The van der Waals surface area contributed by atoms with Gasteiger partial charge in [-0.15, -0.1) is 0 Å². The van der Waals surface area contributed by atoms with Gasteiger partial charge in [-0.05, 0) is 54.2 Å². The molecule has 0 unspecified atom stereocenters. The lowest BCUT2D eigenvalue weighted by atomic mass is 9.97. The summed E-state index contributed by atoms with van der Waals surface area (Å²) < 4.78 is 11.1. The van der Waals surface area contributed by atoms with Crippen LogP contribution in [0.2, 0.25) is 0 Å². The van der Waals surface area contributed by atoms with E-state index in [0.717, 1.165) is 67.1 Å². The highest BCUT2D eigenvalue weighted by Crippen LogP contribution is 2.32. The van der Waals surface area contributed by atoms with Gasteiger partial charge in [0.15, 0.2) is 5.82 Å². The third-order valence-electron chi connectivity index (χ3n) is 7.53. The third-order valence-corrected chi connectivity index (χ3v) is 7.53. The topological polar surface area (TPSA) is 91.8 Å². The lowest BCUT2D eigenvalue weighted by Gasteiger charge is -2.36. The molecule has 0 radical (unpaired) electrons. The van der Waals surface area contributed by atoms with Gasteiger partial charge in [0.05, 0.1) is 37.1 Å². The molecule has 0 atom stereocenters.